The van der Waals surface area contributed by atoms with E-state index in [1.165, 1.54) is 0 Å². The van der Waals surface area contributed by atoms with Crippen molar-refractivity contribution in [2.24, 2.45) is 5.92 Å². The van der Waals surface area contributed by atoms with Gasteiger partial charge in [-0.25, -0.2) is 4.79 Å². The molecule has 1 aliphatic heterocycles. The van der Waals surface area contributed by atoms with Crippen LogP contribution in [-0.2, 0) is 9.53 Å². The Bertz CT molecular complexity index is 735. The molecule has 3 rings (SSSR count). The van der Waals surface area contributed by atoms with E-state index in [4.69, 9.17) is 20.8 Å². The molecule has 0 aliphatic carbocycles. The fraction of sp³-hybridized carbons (Fsp3) is 0.375. The molecule has 122 valence electrons. The summed E-state index contributed by atoms with van der Waals surface area (Å²) < 4.78 is 10.8. The highest BCUT2D eigenvalue weighted by atomic mass is 35.5. The smallest absolute Gasteiger partial charge is 0.326 e. The van der Waals surface area contributed by atoms with Gasteiger partial charge in [0.25, 0.3) is 5.91 Å². The molecule has 1 aromatic carbocycles. The number of aliphatic carboxylic acids is 1. The highest BCUT2D eigenvalue weighted by molar-refractivity contribution is 6.31. The molecule has 23 heavy (non-hydrogen) atoms. The molecule has 0 saturated carbocycles. The van der Waals surface area contributed by atoms with Crippen LogP contribution in [0.25, 0.3) is 11.0 Å². The second kappa shape index (κ2) is 6.60. The number of hydrogen-bond acceptors (Lipinski definition) is 4. The number of ether oxygens (including phenoxy) is 1. The maximum Gasteiger partial charge on any atom is 0.326 e. The molecule has 7 heteroatoms. The quantitative estimate of drug-likeness (QED) is 0.895. The number of benzene rings is 1. The van der Waals surface area contributed by atoms with Gasteiger partial charge in [-0.1, -0.05) is 11.6 Å². The van der Waals surface area contributed by atoms with Gasteiger partial charge in [-0.05, 0) is 37.1 Å². The first-order chi connectivity index (χ1) is 11.0. The molecular weight excluding hydrogens is 322 g/mol. The first-order valence-electron chi connectivity index (χ1n) is 7.35. The number of hydrogen-bond donors (Lipinski definition) is 2. The summed E-state index contributed by atoms with van der Waals surface area (Å²) in [5, 5.41) is 13.1. The van der Waals surface area contributed by atoms with Crippen molar-refractivity contribution in [2.45, 2.75) is 18.9 Å². The largest absolute Gasteiger partial charge is 0.480 e. The molecule has 1 aliphatic rings. The van der Waals surface area contributed by atoms with Crippen LogP contribution in [-0.4, -0.2) is 36.2 Å². The zero-order valence-electron chi connectivity index (χ0n) is 12.3. The highest BCUT2D eigenvalue weighted by Gasteiger charge is 2.32. The van der Waals surface area contributed by atoms with E-state index >= 15 is 0 Å². The maximum absolute atomic E-state index is 12.3. The summed E-state index contributed by atoms with van der Waals surface area (Å²) >= 11 is 5.90. The minimum absolute atomic E-state index is 0.0604. The topological polar surface area (TPSA) is 88.8 Å². The Morgan fingerprint density at radius 1 is 1.35 bits per heavy atom. The third kappa shape index (κ3) is 3.48. The first-order valence-corrected chi connectivity index (χ1v) is 7.73. The van der Waals surface area contributed by atoms with Crippen LogP contribution in [0.3, 0.4) is 0 Å². The Morgan fingerprint density at radius 3 is 2.87 bits per heavy atom. The summed E-state index contributed by atoms with van der Waals surface area (Å²) in [6.07, 6.45) is 1.49. The van der Waals surface area contributed by atoms with E-state index < -0.39 is 17.9 Å². The molecule has 1 saturated heterocycles. The summed E-state index contributed by atoms with van der Waals surface area (Å²) in [5.41, 5.74) is 0.521. The van der Waals surface area contributed by atoms with Crippen LogP contribution in [0.15, 0.2) is 28.7 Å². The van der Waals surface area contributed by atoms with Crippen molar-refractivity contribution in [2.75, 3.05) is 13.2 Å². The third-order valence-electron chi connectivity index (χ3n) is 3.92. The van der Waals surface area contributed by atoms with Crippen LogP contribution in [0.4, 0.5) is 0 Å². The summed E-state index contributed by atoms with van der Waals surface area (Å²) in [4.78, 5) is 23.8. The molecule has 0 bridgehead atoms. The second-order valence-electron chi connectivity index (χ2n) is 5.56. The van der Waals surface area contributed by atoms with Crippen LogP contribution in [0.5, 0.6) is 0 Å². The van der Waals surface area contributed by atoms with E-state index in [0.717, 1.165) is 6.42 Å². The average molecular weight is 338 g/mol. The van der Waals surface area contributed by atoms with E-state index in [0.29, 0.717) is 35.6 Å². The molecule has 1 fully saturated rings. The standard InChI is InChI=1S/C16H16ClNO5/c17-11-3-4-12-10(6-11)7-13(23-12)15(19)18-14(16(20)21)9-2-1-5-22-8-9/h3-4,6-7,9,14H,1-2,5,8H2,(H,18,19)(H,20,21). The Morgan fingerprint density at radius 2 is 2.17 bits per heavy atom. The molecule has 2 heterocycles. The van der Waals surface area contributed by atoms with Crippen molar-refractivity contribution >= 4 is 34.4 Å². The molecule has 1 amide bonds. The molecular formula is C16H16ClNO5. The lowest BCUT2D eigenvalue weighted by molar-refractivity contribution is -0.142. The van der Waals surface area contributed by atoms with E-state index in [2.05, 4.69) is 5.32 Å². The minimum Gasteiger partial charge on any atom is -0.480 e. The molecule has 1 aromatic heterocycles. The monoisotopic (exact) mass is 337 g/mol. The molecule has 0 radical (unpaired) electrons. The molecule has 2 unspecified atom stereocenters. The van der Waals surface area contributed by atoms with Gasteiger partial charge in [-0.15, -0.1) is 0 Å². The van der Waals surface area contributed by atoms with Gasteiger partial charge in [0.05, 0.1) is 6.61 Å². The summed E-state index contributed by atoms with van der Waals surface area (Å²) in [6.45, 7) is 0.952. The van der Waals surface area contributed by atoms with Gasteiger partial charge in [-0.2, -0.15) is 0 Å². The maximum atomic E-state index is 12.3. The van der Waals surface area contributed by atoms with Gasteiger partial charge >= 0.3 is 5.97 Å². The Kier molecular flexibility index (Phi) is 4.54. The number of fused-ring (bicyclic) bond motifs is 1. The zero-order valence-corrected chi connectivity index (χ0v) is 13.0. The van der Waals surface area contributed by atoms with Gasteiger partial charge in [0.2, 0.25) is 0 Å². The predicted octanol–water partition coefficient (Wildman–Crippen LogP) is 2.70. The fourth-order valence-corrected chi connectivity index (χ4v) is 2.93. The Balaban J connectivity index is 1.78. The zero-order chi connectivity index (χ0) is 16.4. The number of furan rings is 1. The van der Waals surface area contributed by atoms with Crippen molar-refractivity contribution in [3.8, 4) is 0 Å². The van der Waals surface area contributed by atoms with Gasteiger partial charge in [0.15, 0.2) is 5.76 Å². The van der Waals surface area contributed by atoms with Gasteiger partial charge in [0.1, 0.15) is 11.6 Å². The van der Waals surface area contributed by atoms with Gasteiger partial charge in [-0.3, -0.25) is 4.79 Å². The van der Waals surface area contributed by atoms with Crippen molar-refractivity contribution in [1.29, 1.82) is 0 Å². The van der Waals surface area contributed by atoms with Gasteiger partial charge < -0.3 is 19.6 Å². The third-order valence-corrected chi connectivity index (χ3v) is 4.16. The van der Waals surface area contributed by atoms with E-state index in [1.54, 1.807) is 24.3 Å². The normalized spacial score (nSPS) is 19.4. The number of halogens is 1. The number of carbonyl (C=O) groups excluding carboxylic acids is 1. The molecule has 6 nitrogen and oxygen atoms in total. The van der Waals surface area contributed by atoms with Crippen molar-refractivity contribution < 1.29 is 23.8 Å². The van der Waals surface area contributed by atoms with Crippen LogP contribution < -0.4 is 5.32 Å². The summed E-state index contributed by atoms with van der Waals surface area (Å²) in [5.74, 6) is -1.82. The van der Waals surface area contributed by atoms with Crippen LogP contribution in [0, 0.1) is 5.92 Å². The second-order valence-corrected chi connectivity index (χ2v) is 6.00. The molecule has 2 N–H and O–H groups in total. The Labute approximate surface area is 137 Å². The fourth-order valence-electron chi connectivity index (χ4n) is 2.75. The molecule has 2 aromatic rings. The average Bonchev–Trinajstić information content (AvgIpc) is 2.96. The van der Waals surface area contributed by atoms with Crippen LogP contribution in [0.1, 0.15) is 23.4 Å². The first kappa shape index (κ1) is 15.8. The Hall–Kier alpha value is -2.05. The number of carboxylic acids is 1. The summed E-state index contributed by atoms with van der Waals surface area (Å²) in [6, 6.07) is 5.56. The number of nitrogens with one attached hydrogen (secondary N) is 1. The summed E-state index contributed by atoms with van der Waals surface area (Å²) in [7, 11) is 0. The van der Waals surface area contributed by atoms with Gasteiger partial charge in [0, 0.05) is 22.9 Å². The van der Waals surface area contributed by atoms with E-state index in [-0.39, 0.29) is 11.7 Å². The molecule has 0 spiro atoms. The minimum atomic E-state index is -1.08. The SMILES string of the molecule is O=C(NC(C(=O)O)C1CCCOC1)c1cc2cc(Cl)ccc2o1. The number of carbonyl (C=O) groups is 2. The van der Waals surface area contributed by atoms with Crippen molar-refractivity contribution in [1.82, 2.24) is 5.32 Å². The van der Waals surface area contributed by atoms with E-state index in [9.17, 15) is 14.7 Å². The lowest BCUT2D eigenvalue weighted by Gasteiger charge is -2.27. The molecule has 2 atom stereocenters. The van der Waals surface area contributed by atoms with Crippen molar-refractivity contribution in [3.63, 3.8) is 0 Å². The van der Waals surface area contributed by atoms with Crippen molar-refractivity contribution in [3.05, 3.63) is 35.0 Å². The number of rotatable bonds is 4. The predicted molar refractivity (Wildman–Crippen MR) is 83.7 cm³/mol. The number of amides is 1. The van der Waals surface area contributed by atoms with E-state index in [1.807, 2.05) is 0 Å². The highest BCUT2D eigenvalue weighted by Crippen LogP contribution is 2.24. The van der Waals surface area contributed by atoms with Crippen LogP contribution in [0.2, 0.25) is 5.02 Å². The van der Waals surface area contributed by atoms with Crippen LogP contribution >= 0.6 is 11.6 Å². The number of carboxylic acid groups (broad SMARTS) is 1. The lowest BCUT2D eigenvalue weighted by Crippen LogP contribution is -2.48. The lowest BCUT2D eigenvalue weighted by atomic mass is 9.93.